The molecule has 0 spiro atoms. The number of rotatable bonds is 9. The third kappa shape index (κ3) is 6.03. The van der Waals surface area contributed by atoms with Gasteiger partial charge in [0.15, 0.2) is 0 Å². The Morgan fingerprint density at radius 2 is 2.00 bits per heavy atom. The van der Waals surface area contributed by atoms with E-state index in [2.05, 4.69) is 5.32 Å². The molecule has 4 heteroatoms. The molecule has 0 atom stereocenters. The lowest BCUT2D eigenvalue weighted by atomic mass is 9.89. The Hall–Kier alpha value is -0.610. The topological polar surface area (TPSA) is 64.3 Å². The van der Waals surface area contributed by atoms with Crippen LogP contribution in [0.4, 0.5) is 0 Å². The molecule has 0 unspecified atom stereocenters. The van der Waals surface area contributed by atoms with E-state index in [4.69, 9.17) is 10.5 Å². The lowest BCUT2D eigenvalue weighted by Gasteiger charge is -2.35. The van der Waals surface area contributed by atoms with Crippen LogP contribution in [0.1, 0.15) is 51.9 Å². The van der Waals surface area contributed by atoms with Crippen molar-refractivity contribution in [2.75, 3.05) is 13.2 Å². The highest BCUT2D eigenvalue weighted by atomic mass is 16.5. The lowest BCUT2D eigenvalue weighted by molar-refractivity contribution is -0.123. The Kier molecular flexibility index (Phi) is 7.21. The third-order valence-electron chi connectivity index (χ3n) is 3.22. The first-order valence-electron chi connectivity index (χ1n) is 6.87. The number of amides is 1. The zero-order chi connectivity index (χ0) is 12.5. The summed E-state index contributed by atoms with van der Waals surface area (Å²) in [5.74, 6) is 0.192. The Bertz CT molecular complexity index is 215. The molecular formula is C13H26N2O2. The van der Waals surface area contributed by atoms with Crippen LogP contribution in [0.25, 0.3) is 0 Å². The fourth-order valence-electron chi connectivity index (χ4n) is 2.14. The van der Waals surface area contributed by atoms with Crippen molar-refractivity contribution in [2.24, 2.45) is 5.73 Å². The second-order valence-electron chi connectivity index (χ2n) is 4.77. The Morgan fingerprint density at radius 3 is 2.65 bits per heavy atom. The number of unbranched alkanes of at least 4 members (excludes halogenated alkanes) is 3. The van der Waals surface area contributed by atoms with E-state index in [1.54, 1.807) is 0 Å². The number of nitrogens with one attached hydrogen (secondary N) is 1. The van der Waals surface area contributed by atoms with Crippen molar-refractivity contribution in [1.82, 2.24) is 5.32 Å². The molecule has 3 N–H and O–H groups in total. The monoisotopic (exact) mass is 242 g/mol. The molecular weight excluding hydrogens is 216 g/mol. The van der Waals surface area contributed by atoms with E-state index in [1.165, 1.54) is 0 Å². The van der Waals surface area contributed by atoms with Crippen molar-refractivity contribution in [3.05, 3.63) is 0 Å². The molecule has 0 aromatic heterocycles. The smallest absolute Gasteiger partial charge is 0.220 e. The van der Waals surface area contributed by atoms with Crippen molar-refractivity contribution in [1.29, 1.82) is 0 Å². The summed E-state index contributed by atoms with van der Waals surface area (Å²) in [6.07, 6.45) is 7.28. The van der Waals surface area contributed by atoms with Crippen LogP contribution < -0.4 is 11.1 Å². The first kappa shape index (κ1) is 14.5. The summed E-state index contributed by atoms with van der Waals surface area (Å²) in [5.41, 5.74) is 5.41. The van der Waals surface area contributed by atoms with Gasteiger partial charge in [-0.3, -0.25) is 4.79 Å². The first-order valence-corrected chi connectivity index (χ1v) is 6.87. The van der Waals surface area contributed by atoms with Crippen LogP contribution in [0.2, 0.25) is 0 Å². The Morgan fingerprint density at radius 1 is 1.29 bits per heavy atom. The maximum Gasteiger partial charge on any atom is 0.220 e. The highest BCUT2D eigenvalue weighted by molar-refractivity contribution is 5.76. The van der Waals surface area contributed by atoms with Crippen LogP contribution in [-0.2, 0) is 9.53 Å². The fraction of sp³-hybridized carbons (Fsp3) is 0.923. The van der Waals surface area contributed by atoms with E-state index < -0.39 is 0 Å². The van der Waals surface area contributed by atoms with Crippen molar-refractivity contribution >= 4 is 5.91 Å². The molecule has 4 nitrogen and oxygen atoms in total. The van der Waals surface area contributed by atoms with Gasteiger partial charge in [0.1, 0.15) is 0 Å². The first-order chi connectivity index (χ1) is 8.26. The van der Waals surface area contributed by atoms with Gasteiger partial charge in [0.2, 0.25) is 5.91 Å². The maximum atomic E-state index is 11.6. The summed E-state index contributed by atoms with van der Waals surface area (Å²) in [4.78, 5) is 11.6. The van der Waals surface area contributed by atoms with E-state index in [0.29, 0.717) is 18.6 Å². The molecule has 17 heavy (non-hydrogen) atoms. The Labute approximate surface area is 104 Å². The standard InChI is InChI=1S/C13H26N2O2/c1-2-17-12-9-11(10-12)15-13(16)7-5-3-4-6-8-14/h11-12H,2-10,14H2,1H3,(H,15,16). The average Bonchev–Trinajstić information content (AvgIpc) is 2.26. The zero-order valence-electron chi connectivity index (χ0n) is 10.9. The number of ether oxygens (including phenoxy) is 1. The van der Waals surface area contributed by atoms with Crippen LogP contribution in [-0.4, -0.2) is 31.2 Å². The van der Waals surface area contributed by atoms with Crippen LogP contribution in [0.15, 0.2) is 0 Å². The fourth-order valence-corrected chi connectivity index (χ4v) is 2.14. The van der Waals surface area contributed by atoms with Gasteiger partial charge in [0.25, 0.3) is 0 Å². The quantitative estimate of drug-likeness (QED) is 0.603. The van der Waals surface area contributed by atoms with E-state index >= 15 is 0 Å². The van der Waals surface area contributed by atoms with Gasteiger partial charge in [-0.25, -0.2) is 0 Å². The lowest BCUT2D eigenvalue weighted by Crippen LogP contribution is -2.47. The molecule has 1 aliphatic rings. The number of carbonyl (C=O) groups excluding carboxylic acids is 1. The molecule has 1 rings (SSSR count). The van der Waals surface area contributed by atoms with E-state index in [9.17, 15) is 4.79 Å². The van der Waals surface area contributed by atoms with Crippen molar-refractivity contribution < 1.29 is 9.53 Å². The highest BCUT2D eigenvalue weighted by Crippen LogP contribution is 2.23. The van der Waals surface area contributed by atoms with Gasteiger partial charge >= 0.3 is 0 Å². The van der Waals surface area contributed by atoms with Gasteiger partial charge in [0.05, 0.1) is 6.10 Å². The zero-order valence-corrected chi connectivity index (χ0v) is 10.9. The molecule has 1 fully saturated rings. The van der Waals surface area contributed by atoms with E-state index in [0.717, 1.165) is 51.7 Å². The maximum absolute atomic E-state index is 11.6. The van der Waals surface area contributed by atoms with Gasteiger partial charge in [-0.15, -0.1) is 0 Å². The summed E-state index contributed by atoms with van der Waals surface area (Å²) in [5, 5.41) is 3.05. The molecule has 0 aliphatic heterocycles. The second kappa shape index (κ2) is 8.48. The number of hydrogen-bond acceptors (Lipinski definition) is 3. The number of nitrogens with two attached hydrogens (primary N) is 1. The third-order valence-corrected chi connectivity index (χ3v) is 3.22. The molecule has 0 radical (unpaired) electrons. The summed E-state index contributed by atoms with van der Waals surface area (Å²) >= 11 is 0. The van der Waals surface area contributed by atoms with Gasteiger partial charge in [0, 0.05) is 19.1 Å². The van der Waals surface area contributed by atoms with Crippen LogP contribution in [0, 0.1) is 0 Å². The summed E-state index contributed by atoms with van der Waals surface area (Å²) in [6, 6.07) is 0.350. The number of hydrogen-bond donors (Lipinski definition) is 2. The Balaban J connectivity index is 1.92. The SMILES string of the molecule is CCOC1CC(NC(=O)CCCCCCN)C1. The molecule has 0 saturated heterocycles. The molecule has 0 bridgehead atoms. The number of carbonyl (C=O) groups is 1. The van der Waals surface area contributed by atoms with E-state index in [1.807, 2.05) is 6.92 Å². The van der Waals surface area contributed by atoms with E-state index in [-0.39, 0.29) is 5.91 Å². The molecule has 0 aromatic rings. The van der Waals surface area contributed by atoms with Gasteiger partial charge < -0.3 is 15.8 Å². The average molecular weight is 242 g/mol. The van der Waals surface area contributed by atoms with Crippen molar-refractivity contribution in [3.63, 3.8) is 0 Å². The molecule has 0 heterocycles. The minimum absolute atomic E-state index is 0.192. The summed E-state index contributed by atoms with van der Waals surface area (Å²) in [7, 11) is 0. The van der Waals surface area contributed by atoms with Gasteiger partial charge in [-0.05, 0) is 39.2 Å². The normalized spacial score (nSPS) is 23.2. The highest BCUT2D eigenvalue weighted by Gasteiger charge is 2.30. The van der Waals surface area contributed by atoms with Crippen molar-refractivity contribution in [2.45, 2.75) is 64.0 Å². The van der Waals surface area contributed by atoms with Gasteiger partial charge in [-0.2, -0.15) is 0 Å². The molecule has 1 aliphatic carbocycles. The molecule has 1 saturated carbocycles. The van der Waals surface area contributed by atoms with Crippen LogP contribution in [0.5, 0.6) is 0 Å². The second-order valence-corrected chi connectivity index (χ2v) is 4.77. The largest absolute Gasteiger partial charge is 0.378 e. The predicted molar refractivity (Wildman–Crippen MR) is 68.7 cm³/mol. The molecule has 100 valence electrons. The minimum atomic E-state index is 0.192. The molecule has 0 aromatic carbocycles. The predicted octanol–water partition coefficient (Wildman–Crippen LogP) is 1.58. The molecule has 1 amide bonds. The van der Waals surface area contributed by atoms with Crippen molar-refractivity contribution in [3.8, 4) is 0 Å². The van der Waals surface area contributed by atoms with Crippen LogP contribution in [0.3, 0.4) is 0 Å². The van der Waals surface area contributed by atoms with Crippen LogP contribution >= 0.6 is 0 Å². The summed E-state index contributed by atoms with van der Waals surface area (Å²) < 4.78 is 5.45. The minimum Gasteiger partial charge on any atom is -0.378 e. The summed E-state index contributed by atoms with van der Waals surface area (Å²) in [6.45, 7) is 3.53. The van der Waals surface area contributed by atoms with Gasteiger partial charge in [-0.1, -0.05) is 12.8 Å².